The summed E-state index contributed by atoms with van der Waals surface area (Å²) in [5, 5.41) is 9.17. The SMILES string of the molecule is CCC(C)N(C)c1cc(OC)ccc1C(=O)O. The van der Waals surface area contributed by atoms with Gasteiger partial charge in [0, 0.05) is 19.2 Å². The van der Waals surface area contributed by atoms with Gasteiger partial charge in [-0.15, -0.1) is 0 Å². The molecular weight excluding hydrogens is 218 g/mol. The van der Waals surface area contributed by atoms with E-state index in [-0.39, 0.29) is 6.04 Å². The Morgan fingerprint density at radius 2 is 2.18 bits per heavy atom. The smallest absolute Gasteiger partial charge is 0.337 e. The Morgan fingerprint density at radius 1 is 1.53 bits per heavy atom. The molecular formula is C13H19NO3. The van der Waals surface area contributed by atoms with E-state index in [1.165, 1.54) is 0 Å². The number of aromatic carboxylic acids is 1. The molecule has 1 rings (SSSR count). The fourth-order valence-electron chi connectivity index (χ4n) is 1.62. The highest BCUT2D eigenvalue weighted by molar-refractivity contribution is 5.94. The monoisotopic (exact) mass is 237 g/mol. The van der Waals surface area contributed by atoms with Gasteiger partial charge < -0.3 is 14.7 Å². The Hall–Kier alpha value is -1.71. The molecule has 4 heteroatoms. The van der Waals surface area contributed by atoms with Gasteiger partial charge in [-0.3, -0.25) is 0 Å². The molecule has 0 bridgehead atoms. The quantitative estimate of drug-likeness (QED) is 0.855. The molecule has 17 heavy (non-hydrogen) atoms. The minimum absolute atomic E-state index is 0.278. The summed E-state index contributed by atoms with van der Waals surface area (Å²) in [6.07, 6.45) is 0.951. The summed E-state index contributed by atoms with van der Waals surface area (Å²) >= 11 is 0. The van der Waals surface area contributed by atoms with Crippen molar-refractivity contribution in [1.82, 2.24) is 0 Å². The van der Waals surface area contributed by atoms with Gasteiger partial charge in [0.05, 0.1) is 18.4 Å². The number of ether oxygens (including phenoxy) is 1. The van der Waals surface area contributed by atoms with E-state index in [1.807, 2.05) is 11.9 Å². The van der Waals surface area contributed by atoms with Crippen LogP contribution in [0.3, 0.4) is 0 Å². The standard InChI is InChI=1S/C13H19NO3/c1-5-9(2)14(3)12-8-10(17-4)6-7-11(12)13(15)16/h6-9H,5H2,1-4H3,(H,15,16). The summed E-state index contributed by atoms with van der Waals surface area (Å²) in [7, 11) is 3.47. The van der Waals surface area contributed by atoms with Crippen LogP contribution in [-0.2, 0) is 0 Å². The van der Waals surface area contributed by atoms with Gasteiger partial charge in [-0.05, 0) is 25.5 Å². The second kappa shape index (κ2) is 5.57. The number of hydrogen-bond acceptors (Lipinski definition) is 3. The third-order valence-electron chi connectivity index (χ3n) is 3.07. The predicted octanol–water partition coefficient (Wildman–Crippen LogP) is 2.63. The lowest BCUT2D eigenvalue weighted by Crippen LogP contribution is -2.29. The first kappa shape index (κ1) is 13.4. The van der Waals surface area contributed by atoms with Crippen LogP contribution < -0.4 is 9.64 Å². The molecule has 0 spiro atoms. The highest BCUT2D eigenvalue weighted by atomic mass is 16.5. The van der Waals surface area contributed by atoms with Gasteiger partial charge in [0.1, 0.15) is 5.75 Å². The average molecular weight is 237 g/mol. The Balaban J connectivity index is 3.21. The van der Waals surface area contributed by atoms with Crippen LogP contribution in [0.1, 0.15) is 30.6 Å². The number of hydrogen-bond donors (Lipinski definition) is 1. The van der Waals surface area contributed by atoms with Crippen molar-refractivity contribution >= 4 is 11.7 Å². The lowest BCUT2D eigenvalue weighted by atomic mass is 10.1. The normalized spacial score (nSPS) is 12.0. The molecule has 0 saturated carbocycles. The first-order valence-electron chi connectivity index (χ1n) is 5.65. The maximum absolute atomic E-state index is 11.2. The largest absolute Gasteiger partial charge is 0.497 e. The van der Waals surface area contributed by atoms with Gasteiger partial charge in [0.25, 0.3) is 0 Å². The molecule has 1 aromatic rings. The summed E-state index contributed by atoms with van der Waals surface area (Å²) in [6, 6.07) is 5.28. The molecule has 0 aromatic heterocycles. The van der Waals surface area contributed by atoms with Crippen LogP contribution in [-0.4, -0.2) is 31.3 Å². The number of carbonyl (C=O) groups is 1. The van der Waals surface area contributed by atoms with Crippen LogP contribution in [0.5, 0.6) is 5.75 Å². The van der Waals surface area contributed by atoms with Gasteiger partial charge in [0.15, 0.2) is 0 Å². The summed E-state index contributed by atoms with van der Waals surface area (Å²) in [4.78, 5) is 13.1. The Kier molecular flexibility index (Phi) is 4.37. The minimum Gasteiger partial charge on any atom is -0.497 e. The van der Waals surface area contributed by atoms with E-state index in [4.69, 9.17) is 9.84 Å². The Morgan fingerprint density at radius 3 is 2.65 bits per heavy atom. The zero-order valence-electron chi connectivity index (χ0n) is 10.7. The van der Waals surface area contributed by atoms with Crippen LogP contribution >= 0.6 is 0 Å². The van der Waals surface area contributed by atoms with Gasteiger partial charge >= 0.3 is 5.97 Å². The summed E-state index contributed by atoms with van der Waals surface area (Å²) in [5.41, 5.74) is 0.986. The third-order valence-corrected chi connectivity index (χ3v) is 3.07. The number of rotatable bonds is 5. The zero-order chi connectivity index (χ0) is 13.0. The second-order valence-electron chi connectivity index (χ2n) is 4.06. The molecule has 1 atom stereocenters. The molecule has 0 amide bonds. The first-order valence-corrected chi connectivity index (χ1v) is 5.65. The first-order chi connectivity index (χ1) is 8.01. The Labute approximate surface area is 102 Å². The molecule has 0 fully saturated rings. The van der Waals surface area contributed by atoms with E-state index in [0.29, 0.717) is 17.0 Å². The maximum atomic E-state index is 11.2. The lowest BCUT2D eigenvalue weighted by Gasteiger charge is -2.27. The number of anilines is 1. The predicted molar refractivity (Wildman–Crippen MR) is 68.1 cm³/mol. The van der Waals surface area contributed by atoms with Crippen LogP contribution in [0.25, 0.3) is 0 Å². The third kappa shape index (κ3) is 2.90. The van der Waals surface area contributed by atoms with E-state index in [0.717, 1.165) is 6.42 Å². The van der Waals surface area contributed by atoms with E-state index < -0.39 is 5.97 Å². The van der Waals surface area contributed by atoms with Crippen molar-refractivity contribution in [1.29, 1.82) is 0 Å². The van der Waals surface area contributed by atoms with Gasteiger partial charge in [-0.2, -0.15) is 0 Å². The van der Waals surface area contributed by atoms with Crippen molar-refractivity contribution in [2.45, 2.75) is 26.3 Å². The van der Waals surface area contributed by atoms with Crippen molar-refractivity contribution < 1.29 is 14.6 Å². The molecule has 0 radical (unpaired) electrons. The van der Waals surface area contributed by atoms with Gasteiger partial charge in [-0.1, -0.05) is 6.92 Å². The summed E-state index contributed by atoms with van der Waals surface area (Å²) < 4.78 is 5.13. The number of nitrogens with zero attached hydrogens (tertiary/aromatic N) is 1. The molecule has 0 saturated heterocycles. The average Bonchev–Trinajstić information content (AvgIpc) is 2.35. The van der Waals surface area contributed by atoms with Gasteiger partial charge in [0.2, 0.25) is 0 Å². The molecule has 1 N–H and O–H groups in total. The highest BCUT2D eigenvalue weighted by Gasteiger charge is 2.17. The summed E-state index contributed by atoms with van der Waals surface area (Å²) in [5.74, 6) is -0.252. The maximum Gasteiger partial charge on any atom is 0.337 e. The van der Waals surface area contributed by atoms with E-state index >= 15 is 0 Å². The number of carboxylic acids is 1. The van der Waals surface area contributed by atoms with Crippen LogP contribution in [0.2, 0.25) is 0 Å². The van der Waals surface area contributed by atoms with Crippen molar-refractivity contribution in [2.75, 3.05) is 19.1 Å². The van der Waals surface area contributed by atoms with E-state index in [9.17, 15) is 4.79 Å². The van der Waals surface area contributed by atoms with Crippen molar-refractivity contribution in [3.05, 3.63) is 23.8 Å². The van der Waals surface area contributed by atoms with Crippen molar-refractivity contribution in [3.8, 4) is 5.75 Å². The molecule has 0 aliphatic rings. The lowest BCUT2D eigenvalue weighted by molar-refractivity contribution is 0.0697. The molecule has 1 unspecified atom stereocenters. The fourth-order valence-corrected chi connectivity index (χ4v) is 1.62. The fraction of sp³-hybridized carbons (Fsp3) is 0.462. The molecule has 0 heterocycles. The van der Waals surface area contributed by atoms with Crippen LogP contribution in [0, 0.1) is 0 Å². The van der Waals surface area contributed by atoms with E-state index in [1.54, 1.807) is 25.3 Å². The second-order valence-corrected chi connectivity index (χ2v) is 4.06. The van der Waals surface area contributed by atoms with Gasteiger partial charge in [-0.25, -0.2) is 4.79 Å². The number of benzene rings is 1. The highest BCUT2D eigenvalue weighted by Crippen LogP contribution is 2.27. The van der Waals surface area contributed by atoms with Crippen LogP contribution in [0.15, 0.2) is 18.2 Å². The number of carboxylic acid groups (broad SMARTS) is 1. The molecule has 0 aliphatic carbocycles. The van der Waals surface area contributed by atoms with Crippen molar-refractivity contribution in [3.63, 3.8) is 0 Å². The molecule has 94 valence electrons. The van der Waals surface area contributed by atoms with E-state index in [2.05, 4.69) is 13.8 Å². The van der Waals surface area contributed by atoms with Crippen molar-refractivity contribution in [2.24, 2.45) is 0 Å². The Bertz CT molecular complexity index is 404. The zero-order valence-corrected chi connectivity index (χ0v) is 10.7. The molecule has 0 aliphatic heterocycles. The molecule has 1 aromatic carbocycles. The minimum atomic E-state index is -0.919. The summed E-state index contributed by atoms with van der Waals surface area (Å²) in [6.45, 7) is 4.13. The molecule has 4 nitrogen and oxygen atoms in total. The number of methoxy groups -OCH3 is 1. The topological polar surface area (TPSA) is 49.8 Å². The van der Waals surface area contributed by atoms with Crippen LogP contribution in [0.4, 0.5) is 5.69 Å².